The van der Waals surface area contributed by atoms with Gasteiger partial charge in [0.2, 0.25) is 5.82 Å². The Kier molecular flexibility index (Phi) is 3.74. The zero-order valence-electron chi connectivity index (χ0n) is 10.7. The molecule has 0 aromatic carbocycles. The van der Waals surface area contributed by atoms with Crippen molar-refractivity contribution in [1.29, 1.82) is 0 Å². The number of pyridine rings is 1. The Hall–Kier alpha value is -2.44. The third kappa shape index (κ3) is 2.40. The second kappa shape index (κ2) is 5.47. The predicted molar refractivity (Wildman–Crippen MR) is 67.7 cm³/mol. The molecule has 2 aromatic rings. The largest absolute Gasteiger partial charge is 0.450 e. The van der Waals surface area contributed by atoms with Crippen LogP contribution in [0.3, 0.4) is 0 Å². The van der Waals surface area contributed by atoms with Crippen LogP contribution in [0.2, 0.25) is 0 Å². The zero-order valence-corrected chi connectivity index (χ0v) is 10.7. The number of carbonyl (C=O) groups is 1. The molecule has 0 bridgehead atoms. The van der Waals surface area contributed by atoms with Crippen molar-refractivity contribution >= 4 is 6.03 Å². The molecule has 2 rings (SSSR count). The lowest BCUT2D eigenvalue weighted by Crippen LogP contribution is -2.38. The molecule has 2 heterocycles. The molecule has 0 fully saturated rings. The molecule has 0 aliphatic heterocycles. The van der Waals surface area contributed by atoms with Crippen LogP contribution in [0.4, 0.5) is 4.79 Å². The van der Waals surface area contributed by atoms with Crippen LogP contribution in [-0.2, 0) is 0 Å². The van der Waals surface area contributed by atoms with Gasteiger partial charge in [-0.2, -0.15) is 4.57 Å². The van der Waals surface area contributed by atoms with E-state index < -0.39 is 11.8 Å². The standard InChI is InChI=1S/C12H14N4O3/c1-3-15(4-2)11(17)16-10(14-19-12(16)18)9-7-5-6-8-13-9/h5-8H,3-4H2,1-2H3. The molecule has 2 aromatic heterocycles. The summed E-state index contributed by atoms with van der Waals surface area (Å²) < 4.78 is 5.48. The smallest absolute Gasteiger partial charge is 0.324 e. The lowest BCUT2D eigenvalue weighted by atomic mass is 10.3. The van der Waals surface area contributed by atoms with Crippen molar-refractivity contribution < 1.29 is 9.32 Å². The van der Waals surface area contributed by atoms with Gasteiger partial charge in [-0.1, -0.05) is 11.2 Å². The van der Waals surface area contributed by atoms with E-state index >= 15 is 0 Å². The van der Waals surface area contributed by atoms with E-state index in [1.807, 2.05) is 13.8 Å². The average Bonchev–Trinajstić information content (AvgIpc) is 2.83. The van der Waals surface area contributed by atoms with Gasteiger partial charge in [-0.25, -0.2) is 9.59 Å². The van der Waals surface area contributed by atoms with Crippen molar-refractivity contribution in [2.24, 2.45) is 0 Å². The summed E-state index contributed by atoms with van der Waals surface area (Å²) in [5.74, 6) is -0.694. The maximum Gasteiger partial charge on any atom is 0.450 e. The second-order valence-corrected chi connectivity index (χ2v) is 3.78. The highest BCUT2D eigenvalue weighted by Crippen LogP contribution is 2.12. The zero-order chi connectivity index (χ0) is 13.8. The van der Waals surface area contributed by atoms with Crippen LogP contribution in [0.5, 0.6) is 0 Å². The van der Waals surface area contributed by atoms with Crippen LogP contribution in [0, 0.1) is 0 Å². The van der Waals surface area contributed by atoms with Crippen LogP contribution in [0.1, 0.15) is 13.8 Å². The number of amides is 1. The summed E-state index contributed by atoms with van der Waals surface area (Å²) in [6, 6.07) is 4.67. The van der Waals surface area contributed by atoms with E-state index in [9.17, 15) is 9.59 Å². The summed E-state index contributed by atoms with van der Waals surface area (Å²) in [6.45, 7) is 4.66. The van der Waals surface area contributed by atoms with E-state index in [0.717, 1.165) is 4.57 Å². The first kappa shape index (κ1) is 13.0. The molecule has 100 valence electrons. The van der Waals surface area contributed by atoms with Gasteiger partial charge in [0.15, 0.2) is 0 Å². The van der Waals surface area contributed by atoms with Crippen LogP contribution in [-0.4, -0.2) is 38.7 Å². The minimum atomic E-state index is -0.808. The van der Waals surface area contributed by atoms with Crippen LogP contribution in [0.15, 0.2) is 33.7 Å². The first-order valence-corrected chi connectivity index (χ1v) is 5.98. The van der Waals surface area contributed by atoms with Crippen molar-refractivity contribution in [3.05, 3.63) is 34.9 Å². The van der Waals surface area contributed by atoms with E-state index in [4.69, 9.17) is 0 Å². The fourth-order valence-corrected chi connectivity index (χ4v) is 1.71. The van der Waals surface area contributed by atoms with Gasteiger partial charge in [0.25, 0.3) is 0 Å². The van der Waals surface area contributed by atoms with Gasteiger partial charge in [0.1, 0.15) is 5.69 Å². The van der Waals surface area contributed by atoms with Gasteiger partial charge in [0, 0.05) is 19.3 Å². The Bertz CT molecular complexity index is 613. The molecule has 0 radical (unpaired) electrons. The second-order valence-electron chi connectivity index (χ2n) is 3.78. The topological polar surface area (TPSA) is 81.2 Å². The molecule has 19 heavy (non-hydrogen) atoms. The number of rotatable bonds is 3. The van der Waals surface area contributed by atoms with Gasteiger partial charge in [-0.15, -0.1) is 0 Å². The normalized spacial score (nSPS) is 10.4. The minimum absolute atomic E-state index is 0.113. The van der Waals surface area contributed by atoms with E-state index in [2.05, 4.69) is 14.7 Å². The first-order valence-electron chi connectivity index (χ1n) is 5.98. The Labute approximate surface area is 109 Å². The van der Waals surface area contributed by atoms with E-state index in [-0.39, 0.29) is 5.82 Å². The van der Waals surface area contributed by atoms with E-state index in [1.165, 1.54) is 4.90 Å². The average molecular weight is 262 g/mol. The molecule has 0 spiro atoms. The van der Waals surface area contributed by atoms with E-state index in [1.54, 1.807) is 24.4 Å². The summed E-state index contributed by atoms with van der Waals surface area (Å²) in [5.41, 5.74) is 0.411. The highest BCUT2D eigenvalue weighted by atomic mass is 16.5. The molecule has 0 aliphatic rings. The van der Waals surface area contributed by atoms with Gasteiger partial charge in [-0.3, -0.25) is 9.51 Å². The quantitative estimate of drug-likeness (QED) is 0.830. The SMILES string of the molecule is CCN(CC)C(=O)n1c(-c2ccccn2)noc1=O. The molecule has 0 N–H and O–H groups in total. The molecule has 1 amide bonds. The van der Waals surface area contributed by atoms with Gasteiger partial charge in [0.05, 0.1) is 0 Å². The number of nitrogens with zero attached hydrogens (tertiary/aromatic N) is 4. The highest BCUT2D eigenvalue weighted by Gasteiger charge is 2.23. The number of carbonyl (C=O) groups excluding carboxylic acids is 1. The Balaban J connectivity index is 2.50. The summed E-state index contributed by atoms with van der Waals surface area (Å²) >= 11 is 0. The molecule has 0 saturated heterocycles. The molecule has 0 aliphatic carbocycles. The minimum Gasteiger partial charge on any atom is -0.324 e. The maximum absolute atomic E-state index is 12.2. The van der Waals surface area contributed by atoms with Crippen molar-refractivity contribution in [2.75, 3.05) is 13.1 Å². The van der Waals surface area contributed by atoms with Gasteiger partial charge in [-0.05, 0) is 26.0 Å². The fourth-order valence-electron chi connectivity index (χ4n) is 1.71. The molecule has 0 unspecified atom stereocenters. The Morgan fingerprint density at radius 3 is 2.68 bits per heavy atom. The summed E-state index contributed by atoms with van der Waals surface area (Å²) in [5, 5.41) is 3.62. The molecule has 7 heteroatoms. The summed E-state index contributed by atoms with van der Waals surface area (Å²) in [6.07, 6.45) is 1.56. The van der Waals surface area contributed by atoms with Crippen molar-refractivity contribution in [3.63, 3.8) is 0 Å². The van der Waals surface area contributed by atoms with Crippen LogP contribution in [0.25, 0.3) is 11.5 Å². The van der Waals surface area contributed by atoms with E-state index in [0.29, 0.717) is 18.8 Å². The molecular formula is C12H14N4O3. The van der Waals surface area contributed by atoms with Crippen molar-refractivity contribution in [1.82, 2.24) is 19.6 Å². The number of hydrogen-bond acceptors (Lipinski definition) is 5. The number of hydrogen-bond donors (Lipinski definition) is 0. The third-order valence-electron chi connectivity index (χ3n) is 2.72. The molecule has 7 nitrogen and oxygen atoms in total. The molecule has 0 atom stereocenters. The highest BCUT2D eigenvalue weighted by molar-refractivity contribution is 5.80. The van der Waals surface area contributed by atoms with Gasteiger partial charge < -0.3 is 4.90 Å². The third-order valence-corrected chi connectivity index (χ3v) is 2.72. The summed E-state index contributed by atoms with van der Waals surface area (Å²) in [7, 11) is 0. The van der Waals surface area contributed by atoms with Crippen molar-refractivity contribution in [2.45, 2.75) is 13.8 Å². The lowest BCUT2D eigenvalue weighted by molar-refractivity contribution is 0.203. The first-order chi connectivity index (χ1) is 9.19. The Morgan fingerprint density at radius 2 is 2.11 bits per heavy atom. The summed E-state index contributed by atoms with van der Waals surface area (Å²) in [4.78, 5) is 29.5. The Morgan fingerprint density at radius 1 is 1.37 bits per heavy atom. The van der Waals surface area contributed by atoms with Crippen molar-refractivity contribution in [3.8, 4) is 11.5 Å². The molecular weight excluding hydrogens is 248 g/mol. The number of aromatic nitrogens is 3. The van der Waals surface area contributed by atoms with Crippen LogP contribution >= 0.6 is 0 Å². The predicted octanol–water partition coefficient (Wildman–Crippen LogP) is 1.21. The lowest BCUT2D eigenvalue weighted by Gasteiger charge is -2.18. The maximum atomic E-state index is 12.2. The van der Waals surface area contributed by atoms with Crippen LogP contribution < -0.4 is 5.76 Å². The monoisotopic (exact) mass is 262 g/mol. The van der Waals surface area contributed by atoms with Gasteiger partial charge >= 0.3 is 11.8 Å². The fraction of sp³-hybridized carbons (Fsp3) is 0.333. The molecule has 0 saturated carbocycles.